The Bertz CT molecular complexity index is 496. The summed E-state index contributed by atoms with van der Waals surface area (Å²) in [5.41, 5.74) is 0. The molecule has 0 aliphatic rings. The molecule has 0 aromatic carbocycles. The molecule has 0 fully saturated rings. The van der Waals surface area contributed by atoms with Gasteiger partial charge in [-0.1, -0.05) is 13.0 Å². The Morgan fingerprint density at radius 2 is 1.95 bits per heavy atom. The van der Waals surface area contributed by atoms with E-state index in [2.05, 4.69) is 52.0 Å². The van der Waals surface area contributed by atoms with Crippen molar-refractivity contribution in [3.63, 3.8) is 0 Å². The van der Waals surface area contributed by atoms with E-state index in [1.807, 2.05) is 6.07 Å². The van der Waals surface area contributed by atoms with Crippen LogP contribution in [0, 0.1) is 0 Å². The third-order valence-corrected chi connectivity index (χ3v) is 3.64. The molecule has 0 bridgehead atoms. The van der Waals surface area contributed by atoms with Crippen LogP contribution in [0.25, 0.3) is 0 Å². The largest absolute Gasteiger partial charge is 0.370 e. The Balaban J connectivity index is 1.96. The maximum atomic E-state index is 4.49. The molecule has 4 nitrogen and oxygen atoms in total. The van der Waals surface area contributed by atoms with Crippen LogP contribution in [0.4, 0.5) is 11.6 Å². The predicted octanol–water partition coefficient (Wildman–Crippen LogP) is 3.19. The van der Waals surface area contributed by atoms with Crippen molar-refractivity contribution in [3.05, 3.63) is 34.3 Å². The normalized spacial score (nSPS) is 10.4. The number of nitrogens with one attached hydrogen (secondary N) is 2. The Hall–Kier alpha value is -1.62. The summed E-state index contributed by atoms with van der Waals surface area (Å²) >= 11 is 1.79. The van der Waals surface area contributed by atoms with Crippen molar-refractivity contribution in [1.82, 2.24) is 9.97 Å². The molecule has 0 saturated heterocycles. The monoisotopic (exact) mass is 276 g/mol. The minimum Gasteiger partial charge on any atom is -0.370 e. The smallest absolute Gasteiger partial charge is 0.132 e. The van der Waals surface area contributed by atoms with Crippen LogP contribution in [-0.4, -0.2) is 23.1 Å². The maximum absolute atomic E-state index is 4.49. The van der Waals surface area contributed by atoms with E-state index in [1.165, 1.54) is 4.88 Å². The molecule has 2 aromatic rings. The summed E-state index contributed by atoms with van der Waals surface area (Å²) in [7, 11) is 0. The summed E-state index contributed by atoms with van der Waals surface area (Å²) in [5, 5.41) is 8.72. The van der Waals surface area contributed by atoms with Crippen LogP contribution in [0.15, 0.2) is 23.6 Å². The third-order valence-electron chi connectivity index (χ3n) is 2.70. The minimum absolute atomic E-state index is 0.846. The van der Waals surface area contributed by atoms with Gasteiger partial charge in [-0.3, -0.25) is 0 Å². The van der Waals surface area contributed by atoms with E-state index in [9.17, 15) is 0 Å². The van der Waals surface area contributed by atoms with E-state index in [0.29, 0.717) is 0 Å². The van der Waals surface area contributed by atoms with Gasteiger partial charge in [0.15, 0.2) is 0 Å². The first-order chi connectivity index (χ1) is 9.31. The lowest BCUT2D eigenvalue weighted by atomic mass is 10.3. The molecule has 2 aromatic heterocycles. The van der Waals surface area contributed by atoms with Crippen molar-refractivity contribution in [1.29, 1.82) is 0 Å². The summed E-state index contributed by atoms with van der Waals surface area (Å²) in [5.74, 6) is 2.67. The molecule has 2 rings (SSSR count). The van der Waals surface area contributed by atoms with Gasteiger partial charge in [0.1, 0.15) is 17.5 Å². The summed E-state index contributed by atoms with van der Waals surface area (Å²) in [6.07, 6.45) is 1.87. The molecule has 0 unspecified atom stereocenters. The van der Waals surface area contributed by atoms with Crippen molar-refractivity contribution in [2.45, 2.75) is 26.7 Å². The summed E-state index contributed by atoms with van der Waals surface area (Å²) in [4.78, 5) is 10.3. The second-order valence-corrected chi connectivity index (χ2v) is 5.23. The van der Waals surface area contributed by atoms with Gasteiger partial charge in [-0.15, -0.1) is 11.3 Å². The van der Waals surface area contributed by atoms with E-state index in [-0.39, 0.29) is 0 Å². The van der Waals surface area contributed by atoms with Gasteiger partial charge < -0.3 is 10.6 Å². The molecule has 5 heteroatoms. The second kappa shape index (κ2) is 7.09. The number of aryl methyl sites for hydroxylation is 1. The molecule has 0 saturated carbocycles. The van der Waals surface area contributed by atoms with Gasteiger partial charge in [0.05, 0.1) is 0 Å². The van der Waals surface area contributed by atoms with Crippen LogP contribution in [0.2, 0.25) is 0 Å². The highest BCUT2D eigenvalue weighted by Gasteiger charge is 2.03. The second-order valence-electron chi connectivity index (χ2n) is 4.19. The lowest BCUT2D eigenvalue weighted by Crippen LogP contribution is -2.09. The average Bonchev–Trinajstić information content (AvgIpc) is 2.92. The van der Waals surface area contributed by atoms with Crippen LogP contribution in [0.1, 0.15) is 24.5 Å². The quantitative estimate of drug-likeness (QED) is 0.815. The average molecular weight is 276 g/mol. The zero-order chi connectivity index (χ0) is 13.5. The van der Waals surface area contributed by atoms with Gasteiger partial charge in [0.2, 0.25) is 0 Å². The molecule has 0 radical (unpaired) electrons. The van der Waals surface area contributed by atoms with E-state index >= 15 is 0 Å². The number of hydrogen-bond donors (Lipinski definition) is 2. The van der Waals surface area contributed by atoms with Gasteiger partial charge >= 0.3 is 0 Å². The van der Waals surface area contributed by atoms with Crippen molar-refractivity contribution in [2.24, 2.45) is 0 Å². The lowest BCUT2D eigenvalue weighted by Gasteiger charge is -2.09. The minimum atomic E-state index is 0.846. The van der Waals surface area contributed by atoms with E-state index < -0.39 is 0 Å². The summed E-state index contributed by atoms with van der Waals surface area (Å²) < 4.78 is 0. The van der Waals surface area contributed by atoms with Crippen LogP contribution in [0.3, 0.4) is 0 Å². The molecule has 19 heavy (non-hydrogen) atoms. The molecule has 0 amide bonds. The molecular formula is C14H20N4S. The first kappa shape index (κ1) is 13.8. The number of aromatic nitrogens is 2. The van der Waals surface area contributed by atoms with Gasteiger partial charge in [0, 0.05) is 30.5 Å². The molecule has 0 spiro atoms. The third kappa shape index (κ3) is 4.21. The number of hydrogen-bond acceptors (Lipinski definition) is 5. The zero-order valence-electron chi connectivity index (χ0n) is 11.4. The Kier molecular flexibility index (Phi) is 5.15. The first-order valence-electron chi connectivity index (χ1n) is 6.70. The fraction of sp³-hybridized carbons (Fsp3) is 0.429. The highest BCUT2D eigenvalue weighted by molar-refractivity contribution is 7.09. The molecule has 0 atom stereocenters. The van der Waals surface area contributed by atoms with Crippen molar-refractivity contribution in [3.8, 4) is 0 Å². The first-order valence-corrected chi connectivity index (χ1v) is 7.58. The van der Waals surface area contributed by atoms with Crippen LogP contribution in [0.5, 0.6) is 0 Å². The van der Waals surface area contributed by atoms with Crippen molar-refractivity contribution < 1.29 is 0 Å². The van der Waals surface area contributed by atoms with Crippen LogP contribution in [-0.2, 0) is 12.8 Å². The Labute approximate surface area is 118 Å². The molecular weight excluding hydrogens is 256 g/mol. The predicted molar refractivity (Wildman–Crippen MR) is 82.1 cm³/mol. The highest BCUT2D eigenvalue weighted by atomic mass is 32.1. The van der Waals surface area contributed by atoms with Crippen LogP contribution < -0.4 is 10.6 Å². The lowest BCUT2D eigenvalue weighted by molar-refractivity contribution is 0.925. The number of thiophene rings is 1. The van der Waals surface area contributed by atoms with Gasteiger partial charge in [-0.05, 0) is 24.8 Å². The van der Waals surface area contributed by atoms with E-state index in [4.69, 9.17) is 0 Å². The molecule has 0 aliphatic carbocycles. The van der Waals surface area contributed by atoms with Gasteiger partial charge in [-0.25, -0.2) is 9.97 Å². The van der Waals surface area contributed by atoms with Gasteiger partial charge in [0.25, 0.3) is 0 Å². The SMILES string of the molecule is CCNc1cc(NCCc2cccs2)nc(CC)n1. The molecule has 102 valence electrons. The zero-order valence-corrected chi connectivity index (χ0v) is 12.3. The Morgan fingerprint density at radius 3 is 2.58 bits per heavy atom. The number of nitrogens with zero attached hydrogens (tertiary/aromatic N) is 2. The highest BCUT2D eigenvalue weighted by Crippen LogP contribution is 2.13. The summed E-state index contributed by atoms with van der Waals surface area (Å²) in [6, 6.07) is 6.22. The van der Waals surface area contributed by atoms with E-state index in [0.717, 1.165) is 43.4 Å². The van der Waals surface area contributed by atoms with Crippen LogP contribution >= 0.6 is 11.3 Å². The Morgan fingerprint density at radius 1 is 1.16 bits per heavy atom. The van der Waals surface area contributed by atoms with Crippen molar-refractivity contribution in [2.75, 3.05) is 23.7 Å². The molecule has 2 N–H and O–H groups in total. The maximum Gasteiger partial charge on any atom is 0.132 e. The van der Waals surface area contributed by atoms with E-state index in [1.54, 1.807) is 11.3 Å². The number of rotatable bonds is 7. The molecule has 0 aliphatic heterocycles. The summed E-state index contributed by atoms with van der Waals surface area (Å²) in [6.45, 7) is 5.90. The fourth-order valence-corrected chi connectivity index (χ4v) is 2.50. The topological polar surface area (TPSA) is 49.8 Å². The van der Waals surface area contributed by atoms with Crippen molar-refractivity contribution >= 4 is 23.0 Å². The molecule has 2 heterocycles. The number of anilines is 2. The fourth-order valence-electron chi connectivity index (χ4n) is 1.79. The van der Waals surface area contributed by atoms with Gasteiger partial charge in [-0.2, -0.15) is 0 Å². The standard InChI is InChI=1S/C14H20N4S/c1-3-12-17-13(15-4-2)10-14(18-12)16-8-7-11-6-5-9-19-11/h5-6,9-10H,3-4,7-8H2,1-2H3,(H2,15,16,17,18).